The Balaban J connectivity index is 2.60. The first-order valence-corrected chi connectivity index (χ1v) is 7.85. The second-order valence-corrected chi connectivity index (χ2v) is 7.44. The van der Waals surface area contributed by atoms with Crippen LogP contribution in [0.2, 0.25) is 0 Å². The zero-order chi connectivity index (χ0) is 14.2. The predicted molar refractivity (Wildman–Crippen MR) is 81.6 cm³/mol. The van der Waals surface area contributed by atoms with Crippen molar-refractivity contribution in [3.05, 3.63) is 29.8 Å². The van der Waals surface area contributed by atoms with Crippen molar-refractivity contribution in [2.24, 2.45) is 0 Å². The topological polar surface area (TPSA) is 17.8 Å². The maximum absolute atomic E-state index is 13.5. The molecule has 2 nitrogen and oxygen atoms in total. The van der Waals surface area contributed by atoms with Crippen LogP contribution in [0.15, 0.2) is 18.2 Å². The van der Waals surface area contributed by atoms with Crippen molar-refractivity contribution < 1.29 is 4.39 Å². The molecule has 0 aliphatic carbocycles. The van der Waals surface area contributed by atoms with Gasteiger partial charge in [-0.05, 0) is 45.2 Å². The number of fused-ring (bicyclic) bond motifs is 1. The molecule has 0 aliphatic rings. The molecule has 1 atom stereocenters. The van der Waals surface area contributed by atoms with Gasteiger partial charge in [0, 0.05) is 11.3 Å². The van der Waals surface area contributed by atoms with Crippen molar-refractivity contribution in [1.82, 2.24) is 9.55 Å². The molecule has 0 N–H and O–H groups in total. The molecule has 0 saturated heterocycles. The Kier molecular flexibility index (Phi) is 4.11. The summed E-state index contributed by atoms with van der Waals surface area (Å²) in [5, 5.41) is -0.201. The van der Waals surface area contributed by atoms with Crippen LogP contribution in [-0.2, 0) is 6.54 Å². The van der Waals surface area contributed by atoms with E-state index in [9.17, 15) is 4.39 Å². The lowest BCUT2D eigenvalue weighted by molar-refractivity contribution is 0.557. The second-order valence-electron chi connectivity index (χ2n) is 5.27. The molecule has 0 saturated carbocycles. The van der Waals surface area contributed by atoms with Crippen LogP contribution in [0.3, 0.4) is 0 Å². The lowest BCUT2D eigenvalue weighted by Gasteiger charge is -2.24. The van der Waals surface area contributed by atoms with Crippen LogP contribution < -0.4 is 0 Å². The molecule has 2 aromatic rings. The summed E-state index contributed by atoms with van der Waals surface area (Å²) in [7, 11) is 0. The van der Waals surface area contributed by atoms with Crippen molar-refractivity contribution in [2.45, 2.75) is 37.4 Å². The Hall–Kier alpha value is -0.740. The number of halogens is 2. The Morgan fingerprint density at radius 3 is 2.74 bits per heavy atom. The third kappa shape index (κ3) is 3.06. The van der Waals surface area contributed by atoms with Crippen LogP contribution in [0, 0.1) is 5.82 Å². The van der Waals surface area contributed by atoms with E-state index in [1.54, 1.807) is 17.8 Å². The number of alkyl halides is 1. The lowest BCUT2D eigenvalue weighted by atomic mass is 10.2. The summed E-state index contributed by atoms with van der Waals surface area (Å²) in [6.45, 7) is 6.96. The molecule has 0 spiro atoms. The zero-order valence-electron chi connectivity index (χ0n) is 11.6. The van der Waals surface area contributed by atoms with Gasteiger partial charge in [-0.25, -0.2) is 9.37 Å². The highest BCUT2D eigenvalue weighted by atomic mass is 35.5. The van der Waals surface area contributed by atoms with Crippen LogP contribution in [-0.4, -0.2) is 20.6 Å². The maximum atomic E-state index is 13.5. The van der Waals surface area contributed by atoms with E-state index in [4.69, 9.17) is 11.6 Å². The highest BCUT2D eigenvalue weighted by Gasteiger charge is 2.22. The fourth-order valence-corrected chi connectivity index (χ4v) is 2.45. The van der Waals surface area contributed by atoms with Gasteiger partial charge in [0.15, 0.2) is 0 Å². The molecule has 1 aromatic heterocycles. The first-order chi connectivity index (χ1) is 8.84. The standard InChI is InChI=1S/C14H18ClFN2S/c1-9(15)13-17-11-6-5-10(16)7-12(11)18(13)8-14(2,3)19-4/h5-7,9H,8H2,1-4H3. The van der Waals surface area contributed by atoms with Gasteiger partial charge < -0.3 is 4.57 Å². The van der Waals surface area contributed by atoms with Crippen molar-refractivity contribution >= 4 is 34.4 Å². The lowest BCUT2D eigenvalue weighted by Crippen LogP contribution is -2.23. The molecule has 0 aliphatic heterocycles. The average molecular weight is 301 g/mol. The summed E-state index contributed by atoms with van der Waals surface area (Å²) in [5.74, 6) is 0.550. The third-order valence-electron chi connectivity index (χ3n) is 3.19. The van der Waals surface area contributed by atoms with E-state index in [1.807, 2.05) is 11.5 Å². The number of aromatic nitrogens is 2. The smallest absolute Gasteiger partial charge is 0.127 e. The fraction of sp³-hybridized carbons (Fsp3) is 0.500. The quantitative estimate of drug-likeness (QED) is 0.767. The molecule has 0 fully saturated rings. The highest BCUT2D eigenvalue weighted by Crippen LogP contribution is 2.30. The zero-order valence-corrected chi connectivity index (χ0v) is 13.1. The minimum Gasteiger partial charge on any atom is -0.325 e. The molecule has 104 valence electrons. The number of benzene rings is 1. The van der Waals surface area contributed by atoms with E-state index < -0.39 is 0 Å². The average Bonchev–Trinajstić information content (AvgIpc) is 2.67. The van der Waals surface area contributed by atoms with Gasteiger partial charge in [0.1, 0.15) is 11.6 Å². The van der Waals surface area contributed by atoms with Crippen LogP contribution in [0.4, 0.5) is 4.39 Å². The first-order valence-electron chi connectivity index (χ1n) is 6.19. The van der Waals surface area contributed by atoms with Crippen molar-refractivity contribution in [1.29, 1.82) is 0 Å². The Morgan fingerprint density at radius 2 is 2.16 bits per heavy atom. The molecule has 0 radical (unpaired) electrons. The van der Waals surface area contributed by atoms with E-state index in [1.165, 1.54) is 12.1 Å². The molecular formula is C14H18ClFN2S. The maximum Gasteiger partial charge on any atom is 0.127 e. The normalized spacial score (nSPS) is 14.0. The molecule has 2 rings (SSSR count). The number of imidazole rings is 1. The summed E-state index contributed by atoms with van der Waals surface area (Å²) in [5.41, 5.74) is 1.60. The fourth-order valence-electron chi connectivity index (χ4n) is 2.03. The molecule has 1 aromatic carbocycles. The molecule has 1 heterocycles. The third-order valence-corrected chi connectivity index (χ3v) is 4.62. The van der Waals surface area contributed by atoms with E-state index >= 15 is 0 Å². The molecular weight excluding hydrogens is 283 g/mol. The van der Waals surface area contributed by atoms with Gasteiger partial charge in [-0.3, -0.25) is 0 Å². The van der Waals surface area contributed by atoms with Gasteiger partial charge in [0.2, 0.25) is 0 Å². The first kappa shape index (κ1) is 14.7. The Bertz CT molecular complexity index is 592. The van der Waals surface area contributed by atoms with Crippen LogP contribution >= 0.6 is 23.4 Å². The van der Waals surface area contributed by atoms with Gasteiger partial charge in [-0.1, -0.05) is 0 Å². The Labute approximate surface area is 122 Å². The molecule has 19 heavy (non-hydrogen) atoms. The van der Waals surface area contributed by atoms with Crippen LogP contribution in [0.1, 0.15) is 32.0 Å². The SMILES string of the molecule is CSC(C)(C)Cn1c(C(C)Cl)nc2ccc(F)cc21. The van der Waals surface area contributed by atoms with Crippen LogP contribution in [0.5, 0.6) is 0 Å². The number of nitrogens with zero attached hydrogens (tertiary/aromatic N) is 2. The second kappa shape index (κ2) is 5.33. The van der Waals surface area contributed by atoms with Gasteiger partial charge in [0.25, 0.3) is 0 Å². The largest absolute Gasteiger partial charge is 0.325 e. The molecule has 0 amide bonds. The van der Waals surface area contributed by atoms with Crippen LogP contribution in [0.25, 0.3) is 11.0 Å². The van der Waals surface area contributed by atoms with Crippen molar-refractivity contribution in [3.63, 3.8) is 0 Å². The number of thioether (sulfide) groups is 1. The predicted octanol–water partition coefficient (Wildman–Crippen LogP) is 4.62. The number of rotatable bonds is 4. The van der Waals surface area contributed by atoms with Crippen molar-refractivity contribution in [3.8, 4) is 0 Å². The number of hydrogen-bond donors (Lipinski definition) is 0. The summed E-state index contributed by atoms with van der Waals surface area (Å²) < 4.78 is 15.5. The molecule has 1 unspecified atom stereocenters. The van der Waals surface area contributed by atoms with E-state index in [0.717, 1.165) is 23.4 Å². The van der Waals surface area contributed by atoms with Gasteiger partial charge >= 0.3 is 0 Å². The Morgan fingerprint density at radius 1 is 1.47 bits per heavy atom. The van der Waals surface area contributed by atoms with Gasteiger partial charge in [-0.15, -0.1) is 11.6 Å². The van der Waals surface area contributed by atoms with E-state index in [0.29, 0.717) is 0 Å². The number of hydrogen-bond acceptors (Lipinski definition) is 2. The van der Waals surface area contributed by atoms with E-state index in [-0.39, 0.29) is 15.9 Å². The summed E-state index contributed by atoms with van der Waals surface area (Å²) in [6.07, 6.45) is 2.07. The summed E-state index contributed by atoms with van der Waals surface area (Å²) in [4.78, 5) is 4.53. The minimum atomic E-state index is -0.246. The monoisotopic (exact) mass is 300 g/mol. The van der Waals surface area contributed by atoms with E-state index in [2.05, 4.69) is 25.1 Å². The molecule has 5 heteroatoms. The molecule has 0 bridgehead atoms. The minimum absolute atomic E-state index is 0.0421. The summed E-state index contributed by atoms with van der Waals surface area (Å²) in [6, 6.07) is 4.67. The van der Waals surface area contributed by atoms with Crippen molar-refractivity contribution in [2.75, 3.05) is 6.26 Å². The van der Waals surface area contributed by atoms with Gasteiger partial charge in [0.05, 0.1) is 16.4 Å². The van der Waals surface area contributed by atoms with Gasteiger partial charge in [-0.2, -0.15) is 11.8 Å². The highest BCUT2D eigenvalue weighted by molar-refractivity contribution is 7.99. The summed E-state index contributed by atoms with van der Waals surface area (Å²) >= 11 is 7.98.